The summed E-state index contributed by atoms with van der Waals surface area (Å²) in [5, 5.41) is 10.7. The van der Waals surface area contributed by atoms with Crippen molar-refractivity contribution < 1.29 is 8.42 Å². The number of benzene rings is 1. The van der Waals surface area contributed by atoms with E-state index in [0.29, 0.717) is 31.1 Å². The highest BCUT2D eigenvalue weighted by Gasteiger charge is 2.29. The van der Waals surface area contributed by atoms with Gasteiger partial charge in [-0.15, -0.1) is 21.5 Å². The summed E-state index contributed by atoms with van der Waals surface area (Å²) in [6.45, 7) is 4.19. The maximum atomic E-state index is 13.0. The van der Waals surface area contributed by atoms with Gasteiger partial charge in [0.25, 0.3) is 0 Å². The van der Waals surface area contributed by atoms with Crippen LogP contribution in [-0.2, 0) is 16.4 Å². The van der Waals surface area contributed by atoms with Crippen molar-refractivity contribution in [3.63, 3.8) is 0 Å². The standard InChI is InChI=1S/C21H24N4O2S2/c1-2-4-17-6-8-18(9-7-17)29(26,27)25-14-12-24(13-15-25)21-11-10-19(22-23-21)20-5-3-16-28-20/h3,5-11,16H,2,4,12-15H2,1H3. The lowest BCUT2D eigenvalue weighted by Crippen LogP contribution is -2.49. The average Bonchev–Trinajstić information content (AvgIpc) is 3.30. The molecule has 3 aromatic rings. The molecule has 8 heteroatoms. The number of hydrogen-bond acceptors (Lipinski definition) is 6. The predicted octanol–water partition coefficient (Wildman–Crippen LogP) is 3.67. The number of aromatic nitrogens is 2. The normalized spacial score (nSPS) is 15.6. The summed E-state index contributed by atoms with van der Waals surface area (Å²) in [5.41, 5.74) is 2.03. The van der Waals surface area contributed by atoms with Crippen LogP contribution in [0.3, 0.4) is 0 Å². The van der Waals surface area contributed by atoms with E-state index in [2.05, 4.69) is 22.0 Å². The largest absolute Gasteiger partial charge is 0.352 e. The van der Waals surface area contributed by atoms with E-state index in [-0.39, 0.29) is 0 Å². The Morgan fingerprint density at radius 2 is 1.72 bits per heavy atom. The Morgan fingerprint density at radius 3 is 2.31 bits per heavy atom. The third-order valence-corrected chi connectivity index (χ3v) is 7.89. The molecule has 1 saturated heterocycles. The number of sulfonamides is 1. The van der Waals surface area contributed by atoms with E-state index in [1.54, 1.807) is 27.8 Å². The van der Waals surface area contributed by atoms with Gasteiger partial charge >= 0.3 is 0 Å². The quantitative estimate of drug-likeness (QED) is 0.599. The lowest BCUT2D eigenvalue weighted by Gasteiger charge is -2.34. The number of rotatable bonds is 6. The van der Waals surface area contributed by atoms with Crippen LogP contribution in [0, 0.1) is 0 Å². The third-order valence-electron chi connectivity index (χ3n) is 5.09. The second kappa shape index (κ2) is 8.61. The first-order valence-electron chi connectivity index (χ1n) is 9.79. The molecule has 0 unspecified atom stereocenters. The highest BCUT2D eigenvalue weighted by molar-refractivity contribution is 7.89. The summed E-state index contributed by atoms with van der Waals surface area (Å²) in [6.07, 6.45) is 2.01. The maximum Gasteiger partial charge on any atom is 0.243 e. The van der Waals surface area contributed by atoms with Gasteiger partial charge in [-0.05, 0) is 47.7 Å². The zero-order valence-corrected chi connectivity index (χ0v) is 18.0. The SMILES string of the molecule is CCCc1ccc(S(=O)(=O)N2CCN(c3ccc(-c4cccs4)nn3)CC2)cc1. The summed E-state index contributed by atoms with van der Waals surface area (Å²) in [7, 11) is -3.46. The van der Waals surface area contributed by atoms with E-state index >= 15 is 0 Å². The van der Waals surface area contributed by atoms with Crippen LogP contribution in [0.15, 0.2) is 58.8 Å². The van der Waals surface area contributed by atoms with Gasteiger partial charge in [0.15, 0.2) is 5.82 Å². The van der Waals surface area contributed by atoms with Gasteiger partial charge in [-0.2, -0.15) is 4.31 Å². The highest BCUT2D eigenvalue weighted by atomic mass is 32.2. The fourth-order valence-electron chi connectivity index (χ4n) is 3.47. The van der Waals surface area contributed by atoms with Gasteiger partial charge in [0.05, 0.1) is 9.77 Å². The fourth-order valence-corrected chi connectivity index (χ4v) is 5.59. The van der Waals surface area contributed by atoms with Crippen LogP contribution in [0.4, 0.5) is 5.82 Å². The van der Waals surface area contributed by atoms with Crippen molar-refractivity contribution in [2.45, 2.75) is 24.7 Å². The maximum absolute atomic E-state index is 13.0. The number of anilines is 1. The van der Waals surface area contributed by atoms with Crippen LogP contribution >= 0.6 is 11.3 Å². The molecule has 0 amide bonds. The molecule has 1 aliphatic heterocycles. The monoisotopic (exact) mass is 428 g/mol. The second-order valence-electron chi connectivity index (χ2n) is 7.04. The first-order valence-corrected chi connectivity index (χ1v) is 12.1. The Bertz CT molecular complexity index is 1030. The molecular formula is C21H24N4O2S2. The van der Waals surface area contributed by atoms with Crippen LogP contribution in [0.5, 0.6) is 0 Å². The van der Waals surface area contributed by atoms with Crippen molar-refractivity contribution in [1.82, 2.24) is 14.5 Å². The van der Waals surface area contributed by atoms with Crippen molar-refractivity contribution >= 4 is 27.2 Å². The van der Waals surface area contributed by atoms with Gasteiger partial charge in [0, 0.05) is 26.2 Å². The van der Waals surface area contributed by atoms with Crippen LogP contribution < -0.4 is 4.90 Å². The second-order valence-corrected chi connectivity index (χ2v) is 9.92. The van der Waals surface area contributed by atoms with Gasteiger partial charge < -0.3 is 4.90 Å². The van der Waals surface area contributed by atoms with Crippen molar-refractivity contribution in [3.8, 4) is 10.6 Å². The van der Waals surface area contributed by atoms with Gasteiger partial charge in [-0.25, -0.2) is 8.42 Å². The van der Waals surface area contributed by atoms with Crippen molar-refractivity contribution in [1.29, 1.82) is 0 Å². The average molecular weight is 429 g/mol. The number of piperazine rings is 1. The molecule has 6 nitrogen and oxygen atoms in total. The molecule has 0 radical (unpaired) electrons. The summed E-state index contributed by atoms with van der Waals surface area (Å²) in [5.74, 6) is 0.784. The van der Waals surface area contributed by atoms with E-state index in [4.69, 9.17) is 0 Å². The summed E-state index contributed by atoms with van der Waals surface area (Å²) in [4.78, 5) is 3.54. The van der Waals surface area contributed by atoms with Crippen LogP contribution in [0.1, 0.15) is 18.9 Å². The molecular weight excluding hydrogens is 404 g/mol. The molecule has 29 heavy (non-hydrogen) atoms. The molecule has 152 valence electrons. The molecule has 0 spiro atoms. The van der Waals surface area contributed by atoms with E-state index in [9.17, 15) is 8.42 Å². The van der Waals surface area contributed by atoms with Crippen molar-refractivity contribution in [3.05, 3.63) is 59.5 Å². The molecule has 0 bridgehead atoms. The highest BCUT2D eigenvalue weighted by Crippen LogP contribution is 2.24. The van der Waals surface area contributed by atoms with Crippen molar-refractivity contribution in [2.75, 3.05) is 31.1 Å². The minimum absolute atomic E-state index is 0.367. The summed E-state index contributed by atoms with van der Waals surface area (Å²) < 4.78 is 27.5. The fraction of sp³-hybridized carbons (Fsp3) is 0.333. The van der Waals surface area contributed by atoms with E-state index in [1.807, 2.05) is 41.8 Å². The smallest absolute Gasteiger partial charge is 0.243 e. The van der Waals surface area contributed by atoms with Gasteiger partial charge in [0.2, 0.25) is 10.0 Å². The zero-order valence-electron chi connectivity index (χ0n) is 16.4. The first kappa shape index (κ1) is 20.0. The Labute approximate surface area is 175 Å². The molecule has 4 rings (SSSR count). The lowest BCUT2D eigenvalue weighted by molar-refractivity contribution is 0.383. The van der Waals surface area contributed by atoms with Gasteiger partial charge in [-0.3, -0.25) is 0 Å². The lowest BCUT2D eigenvalue weighted by atomic mass is 10.1. The third kappa shape index (κ3) is 4.34. The Morgan fingerprint density at radius 1 is 0.966 bits per heavy atom. The van der Waals surface area contributed by atoms with Crippen molar-refractivity contribution in [2.24, 2.45) is 0 Å². The van der Waals surface area contributed by atoms with E-state index < -0.39 is 10.0 Å². The molecule has 1 aliphatic rings. The molecule has 1 fully saturated rings. The topological polar surface area (TPSA) is 66.4 Å². The number of hydrogen-bond donors (Lipinski definition) is 0. The van der Waals surface area contributed by atoms with Gasteiger partial charge in [-0.1, -0.05) is 31.5 Å². The molecule has 0 saturated carbocycles. The van der Waals surface area contributed by atoms with Gasteiger partial charge in [0.1, 0.15) is 5.69 Å². The molecule has 0 aliphatic carbocycles. The first-order chi connectivity index (χ1) is 14.1. The molecule has 0 atom stereocenters. The number of thiophene rings is 1. The van der Waals surface area contributed by atoms with Crippen LogP contribution in [0.2, 0.25) is 0 Å². The Balaban J connectivity index is 1.40. The molecule has 0 N–H and O–H groups in total. The summed E-state index contributed by atoms with van der Waals surface area (Å²) in [6, 6.07) is 15.2. The molecule has 2 aromatic heterocycles. The summed E-state index contributed by atoms with van der Waals surface area (Å²) >= 11 is 1.63. The Hall–Kier alpha value is -2.29. The van der Waals surface area contributed by atoms with E-state index in [0.717, 1.165) is 29.2 Å². The van der Waals surface area contributed by atoms with Crippen LogP contribution in [-0.4, -0.2) is 49.1 Å². The zero-order chi connectivity index (χ0) is 20.3. The molecule has 3 heterocycles. The minimum atomic E-state index is -3.46. The minimum Gasteiger partial charge on any atom is -0.352 e. The Kier molecular flexibility index (Phi) is 5.94. The van der Waals surface area contributed by atoms with E-state index in [1.165, 1.54) is 5.56 Å². The predicted molar refractivity (Wildman–Crippen MR) is 117 cm³/mol. The number of nitrogens with zero attached hydrogens (tertiary/aromatic N) is 4. The van der Waals surface area contributed by atoms with Crippen LogP contribution in [0.25, 0.3) is 10.6 Å². The molecule has 1 aromatic carbocycles. The number of aryl methyl sites for hydroxylation is 1.